The summed E-state index contributed by atoms with van der Waals surface area (Å²) in [6, 6.07) is 8.74. The van der Waals surface area contributed by atoms with E-state index in [1.54, 1.807) is 0 Å². The van der Waals surface area contributed by atoms with Crippen LogP contribution in [0.2, 0.25) is 0 Å². The van der Waals surface area contributed by atoms with Crippen molar-refractivity contribution < 1.29 is 46.1 Å². The first-order valence-corrected chi connectivity index (χ1v) is 8.25. The van der Waals surface area contributed by atoms with E-state index in [0.717, 1.165) is 30.3 Å². The lowest BCUT2D eigenvalue weighted by Crippen LogP contribution is -2.04. The first kappa shape index (κ1) is 24.7. The Labute approximate surface area is 167 Å². The third-order valence-corrected chi connectivity index (χ3v) is 3.57. The molecule has 0 fully saturated rings. The Bertz CT molecular complexity index is 866. The third kappa shape index (κ3) is 9.26. The first-order valence-electron chi connectivity index (χ1n) is 8.25. The van der Waals surface area contributed by atoms with Gasteiger partial charge in [-0.2, -0.15) is 26.3 Å². The van der Waals surface area contributed by atoms with E-state index in [1.807, 2.05) is 0 Å². The molecule has 0 bridgehead atoms. The van der Waals surface area contributed by atoms with Gasteiger partial charge >= 0.3 is 24.3 Å². The van der Waals surface area contributed by atoms with Gasteiger partial charge in [0, 0.05) is 12.5 Å². The molecule has 0 aliphatic heterocycles. The molecule has 10 heteroatoms. The summed E-state index contributed by atoms with van der Waals surface area (Å²) in [4.78, 5) is 20.4. The van der Waals surface area contributed by atoms with Crippen molar-refractivity contribution in [1.82, 2.24) is 0 Å². The Morgan fingerprint density at radius 1 is 0.767 bits per heavy atom. The molecular weight excluding hydrogens is 418 g/mol. The smallest absolute Gasteiger partial charge is 0.416 e. The van der Waals surface area contributed by atoms with E-state index in [4.69, 9.17) is 10.2 Å². The number of carbonyl (C=O) groups is 2. The van der Waals surface area contributed by atoms with Crippen molar-refractivity contribution >= 4 is 18.0 Å². The van der Waals surface area contributed by atoms with Crippen LogP contribution in [-0.4, -0.2) is 22.2 Å². The summed E-state index contributed by atoms with van der Waals surface area (Å²) in [5, 5.41) is 16.7. The van der Waals surface area contributed by atoms with Gasteiger partial charge in [0.15, 0.2) is 0 Å². The Hall–Kier alpha value is -3.30. The number of carboxylic acid groups (broad SMARTS) is 2. The van der Waals surface area contributed by atoms with Gasteiger partial charge in [-0.05, 0) is 47.9 Å². The van der Waals surface area contributed by atoms with E-state index in [1.165, 1.54) is 30.3 Å². The summed E-state index contributed by atoms with van der Waals surface area (Å²) >= 11 is 0. The van der Waals surface area contributed by atoms with Crippen LogP contribution in [0.3, 0.4) is 0 Å². The molecule has 2 aromatic rings. The van der Waals surface area contributed by atoms with Crippen molar-refractivity contribution in [2.24, 2.45) is 0 Å². The fourth-order valence-corrected chi connectivity index (χ4v) is 2.06. The van der Waals surface area contributed by atoms with Crippen LogP contribution in [0.5, 0.6) is 0 Å². The van der Waals surface area contributed by atoms with Crippen molar-refractivity contribution in [3.05, 3.63) is 76.9 Å². The largest absolute Gasteiger partial charge is 0.481 e. The molecule has 0 amide bonds. The molecule has 30 heavy (non-hydrogen) atoms. The number of rotatable bonds is 5. The van der Waals surface area contributed by atoms with E-state index in [2.05, 4.69) is 0 Å². The van der Waals surface area contributed by atoms with Crippen LogP contribution in [0.15, 0.2) is 54.6 Å². The van der Waals surface area contributed by atoms with Crippen molar-refractivity contribution in [3.63, 3.8) is 0 Å². The standard InChI is InChI=1S/C10H9F3O2.C10H7F3O2/c2*11-10(12,13)8-4-1-7(2-5-8)3-6-9(14)15/h1-2,4-5H,3,6H2,(H,14,15);1-6H,(H,14,15)/b;6-3+. The molecular formula is C20H16F6O4. The van der Waals surface area contributed by atoms with Crippen molar-refractivity contribution in [2.45, 2.75) is 25.2 Å². The normalized spacial score (nSPS) is 11.7. The molecule has 0 saturated heterocycles. The lowest BCUT2D eigenvalue weighted by molar-refractivity contribution is -0.138. The molecule has 0 aliphatic carbocycles. The molecule has 0 saturated carbocycles. The predicted octanol–water partition coefficient (Wildman–Crippen LogP) is 5.53. The highest BCUT2D eigenvalue weighted by atomic mass is 19.4. The predicted molar refractivity (Wildman–Crippen MR) is 95.5 cm³/mol. The SMILES string of the molecule is O=C(O)/C=C/c1ccc(C(F)(F)F)cc1.O=C(O)CCc1ccc(C(F)(F)F)cc1. The third-order valence-electron chi connectivity index (χ3n) is 3.57. The Kier molecular flexibility index (Phi) is 8.63. The molecule has 0 heterocycles. The van der Waals surface area contributed by atoms with Crippen LogP contribution in [0, 0.1) is 0 Å². The summed E-state index contributed by atoms with van der Waals surface area (Å²) in [7, 11) is 0. The molecule has 0 aliphatic rings. The first-order chi connectivity index (χ1) is 13.8. The summed E-state index contributed by atoms with van der Waals surface area (Å²) in [5.74, 6) is -2.11. The van der Waals surface area contributed by atoms with Gasteiger partial charge in [-0.3, -0.25) is 4.79 Å². The van der Waals surface area contributed by atoms with Crippen molar-refractivity contribution in [1.29, 1.82) is 0 Å². The van der Waals surface area contributed by atoms with E-state index in [0.29, 0.717) is 11.1 Å². The minimum atomic E-state index is -4.37. The van der Waals surface area contributed by atoms with Gasteiger partial charge in [-0.25, -0.2) is 4.79 Å². The van der Waals surface area contributed by atoms with Gasteiger partial charge in [0.2, 0.25) is 0 Å². The van der Waals surface area contributed by atoms with Crippen LogP contribution in [0.4, 0.5) is 26.3 Å². The molecule has 2 aromatic carbocycles. The van der Waals surface area contributed by atoms with E-state index >= 15 is 0 Å². The number of benzene rings is 2. The number of aliphatic carboxylic acids is 2. The zero-order valence-corrected chi connectivity index (χ0v) is 15.2. The summed E-state index contributed by atoms with van der Waals surface area (Å²) in [5.41, 5.74) is -0.479. The molecule has 4 nitrogen and oxygen atoms in total. The second kappa shape index (κ2) is 10.5. The molecule has 162 valence electrons. The van der Waals surface area contributed by atoms with Gasteiger partial charge in [-0.15, -0.1) is 0 Å². The van der Waals surface area contributed by atoms with E-state index in [9.17, 15) is 35.9 Å². The monoisotopic (exact) mass is 434 g/mol. The summed E-state index contributed by atoms with van der Waals surface area (Å²) < 4.78 is 72.8. The van der Waals surface area contributed by atoms with Crippen LogP contribution in [0.1, 0.15) is 28.7 Å². The highest BCUT2D eigenvalue weighted by Gasteiger charge is 2.30. The van der Waals surface area contributed by atoms with Gasteiger partial charge in [0.05, 0.1) is 11.1 Å². The number of hydrogen-bond donors (Lipinski definition) is 2. The number of halogens is 6. The molecule has 2 rings (SSSR count). The molecule has 2 N–H and O–H groups in total. The number of hydrogen-bond acceptors (Lipinski definition) is 2. The fourth-order valence-electron chi connectivity index (χ4n) is 2.06. The fraction of sp³-hybridized carbons (Fsp3) is 0.200. The average molecular weight is 434 g/mol. The number of carboxylic acids is 2. The minimum absolute atomic E-state index is 0.0780. The lowest BCUT2D eigenvalue weighted by Gasteiger charge is -2.06. The van der Waals surface area contributed by atoms with Crippen LogP contribution in [0.25, 0.3) is 6.08 Å². The number of aryl methyl sites for hydroxylation is 1. The van der Waals surface area contributed by atoms with Crippen LogP contribution >= 0.6 is 0 Å². The zero-order valence-electron chi connectivity index (χ0n) is 15.2. The maximum absolute atomic E-state index is 12.1. The molecule has 0 spiro atoms. The highest BCUT2D eigenvalue weighted by Crippen LogP contribution is 2.30. The average Bonchev–Trinajstić information content (AvgIpc) is 2.64. The Morgan fingerprint density at radius 2 is 1.20 bits per heavy atom. The van der Waals surface area contributed by atoms with Crippen LogP contribution in [-0.2, 0) is 28.4 Å². The van der Waals surface area contributed by atoms with E-state index in [-0.39, 0.29) is 12.8 Å². The molecule has 0 atom stereocenters. The van der Waals surface area contributed by atoms with Gasteiger partial charge < -0.3 is 10.2 Å². The van der Waals surface area contributed by atoms with Gasteiger partial charge in [-0.1, -0.05) is 24.3 Å². The van der Waals surface area contributed by atoms with Crippen molar-refractivity contribution in [3.8, 4) is 0 Å². The molecule has 0 unspecified atom stereocenters. The van der Waals surface area contributed by atoms with Gasteiger partial charge in [0.1, 0.15) is 0 Å². The minimum Gasteiger partial charge on any atom is -0.481 e. The maximum atomic E-state index is 12.1. The maximum Gasteiger partial charge on any atom is 0.416 e. The topological polar surface area (TPSA) is 74.6 Å². The Balaban J connectivity index is 0.000000300. The quantitative estimate of drug-likeness (QED) is 0.480. The highest BCUT2D eigenvalue weighted by molar-refractivity contribution is 5.85. The summed E-state index contributed by atoms with van der Waals surface area (Å²) in [6.45, 7) is 0. The Morgan fingerprint density at radius 3 is 1.57 bits per heavy atom. The lowest BCUT2D eigenvalue weighted by atomic mass is 10.1. The molecule has 0 aromatic heterocycles. The second-order valence-corrected chi connectivity index (χ2v) is 5.88. The zero-order chi connectivity index (χ0) is 22.9. The molecule has 0 radical (unpaired) electrons. The van der Waals surface area contributed by atoms with Crippen LogP contribution < -0.4 is 0 Å². The second-order valence-electron chi connectivity index (χ2n) is 5.88. The van der Waals surface area contributed by atoms with Gasteiger partial charge in [0.25, 0.3) is 0 Å². The van der Waals surface area contributed by atoms with Crippen molar-refractivity contribution in [2.75, 3.05) is 0 Å². The number of alkyl halides is 6. The summed E-state index contributed by atoms with van der Waals surface area (Å²) in [6.07, 6.45) is -6.45. The van der Waals surface area contributed by atoms with E-state index < -0.39 is 35.4 Å².